The van der Waals surface area contributed by atoms with Crippen molar-refractivity contribution in [1.29, 1.82) is 0 Å². The summed E-state index contributed by atoms with van der Waals surface area (Å²) in [5.74, 6) is 0. The van der Waals surface area contributed by atoms with Crippen LogP contribution in [-0.4, -0.2) is 30.6 Å². The van der Waals surface area contributed by atoms with Gasteiger partial charge in [-0.25, -0.2) is 0 Å². The minimum Gasteiger partial charge on any atom is -0.315 e. The number of rotatable bonds is 5. The van der Waals surface area contributed by atoms with E-state index in [1.54, 1.807) is 0 Å². The largest absolute Gasteiger partial charge is 0.315 e. The second kappa shape index (κ2) is 6.04. The van der Waals surface area contributed by atoms with Crippen LogP contribution in [0.5, 0.6) is 0 Å². The fraction of sp³-hybridized carbons (Fsp3) is 0.500. The topological polar surface area (TPSA) is 15.3 Å². The molecule has 1 aliphatic heterocycles. The molecule has 1 fully saturated rings. The Morgan fingerprint density at radius 2 is 2.26 bits per heavy atom. The quantitative estimate of drug-likeness (QED) is 0.898. The van der Waals surface area contributed by atoms with E-state index in [0.29, 0.717) is 0 Å². The van der Waals surface area contributed by atoms with Crippen molar-refractivity contribution in [2.75, 3.05) is 19.6 Å². The lowest BCUT2D eigenvalue weighted by Gasteiger charge is -2.27. The molecule has 1 unspecified atom stereocenters. The van der Waals surface area contributed by atoms with Gasteiger partial charge in [-0.2, -0.15) is 0 Å². The van der Waals surface area contributed by atoms with Gasteiger partial charge in [-0.1, -0.05) is 25.1 Å². The molecule has 0 spiro atoms. The van der Waals surface area contributed by atoms with E-state index in [0.717, 1.165) is 19.1 Å². The Morgan fingerprint density at radius 3 is 3.05 bits per heavy atom. The lowest BCUT2D eigenvalue weighted by Crippen LogP contribution is -2.36. The van der Waals surface area contributed by atoms with Crippen LogP contribution in [0.4, 0.5) is 0 Å². The Bertz CT molecular complexity index is 528. The molecule has 0 bridgehead atoms. The first-order valence-corrected chi connectivity index (χ1v) is 8.16. The molecule has 2 heterocycles. The minimum atomic E-state index is 0.721. The van der Waals surface area contributed by atoms with Gasteiger partial charge in [0.1, 0.15) is 0 Å². The highest BCUT2D eigenvalue weighted by Crippen LogP contribution is 2.27. The average molecular weight is 274 g/mol. The molecule has 0 aliphatic carbocycles. The molecule has 1 aromatic heterocycles. The first-order chi connectivity index (χ1) is 9.38. The third kappa shape index (κ3) is 2.83. The van der Waals surface area contributed by atoms with E-state index in [9.17, 15) is 0 Å². The number of hydrogen-bond acceptors (Lipinski definition) is 3. The summed E-state index contributed by atoms with van der Waals surface area (Å²) in [7, 11) is 0. The molecule has 0 saturated carbocycles. The van der Waals surface area contributed by atoms with Crippen LogP contribution in [0.25, 0.3) is 10.1 Å². The molecule has 19 heavy (non-hydrogen) atoms. The van der Waals surface area contributed by atoms with E-state index in [-0.39, 0.29) is 0 Å². The molecule has 2 nitrogen and oxygen atoms in total. The Hall–Kier alpha value is -0.900. The molecular formula is C16H22N2S. The second-order valence-corrected chi connectivity index (χ2v) is 6.29. The van der Waals surface area contributed by atoms with E-state index in [2.05, 4.69) is 46.8 Å². The van der Waals surface area contributed by atoms with Gasteiger partial charge in [-0.15, -0.1) is 11.3 Å². The standard InChI is InChI=1S/C16H22N2S/c1-2-9-18(14-7-8-17-10-14)11-13-12-19-16-6-4-3-5-15(13)16/h3-6,12,14,17H,2,7-11H2,1H3. The van der Waals surface area contributed by atoms with Crippen LogP contribution in [0, 0.1) is 0 Å². The third-order valence-electron chi connectivity index (χ3n) is 4.00. The molecule has 1 atom stereocenters. The van der Waals surface area contributed by atoms with Crippen LogP contribution in [0.2, 0.25) is 0 Å². The first-order valence-electron chi connectivity index (χ1n) is 7.28. The molecule has 1 aliphatic rings. The minimum absolute atomic E-state index is 0.721. The van der Waals surface area contributed by atoms with Gasteiger partial charge >= 0.3 is 0 Å². The number of benzene rings is 1. The third-order valence-corrected chi connectivity index (χ3v) is 5.01. The number of fused-ring (bicyclic) bond motifs is 1. The van der Waals surface area contributed by atoms with Crippen LogP contribution in [0.3, 0.4) is 0 Å². The van der Waals surface area contributed by atoms with Crippen molar-refractivity contribution in [1.82, 2.24) is 10.2 Å². The SMILES string of the molecule is CCCN(Cc1csc2ccccc12)C1CCNC1. The summed E-state index contributed by atoms with van der Waals surface area (Å²) >= 11 is 1.87. The Morgan fingerprint density at radius 1 is 1.37 bits per heavy atom. The molecule has 1 N–H and O–H groups in total. The number of thiophene rings is 1. The highest BCUT2D eigenvalue weighted by atomic mass is 32.1. The molecule has 3 heteroatoms. The van der Waals surface area contributed by atoms with Crippen LogP contribution in [0.1, 0.15) is 25.3 Å². The van der Waals surface area contributed by atoms with Crippen molar-refractivity contribution >= 4 is 21.4 Å². The van der Waals surface area contributed by atoms with Crippen molar-refractivity contribution < 1.29 is 0 Å². The average Bonchev–Trinajstić information content (AvgIpc) is 3.08. The van der Waals surface area contributed by atoms with E-state index in [1.165, 1.54) is 41.6 Å². The van der Waals surface area contributed by atoms with Crippen LogP contribution in [0.15, 0.2) is 29.6 Å². The van der Waals surface area contributed by atoms with Crippen LogP contribution < -0.4 is 5.32 Å². The molecule has 1 saturated heterocycles. The maximum absolute atomic E-state index is 3.49. The Kier molecular flexibility index (Phi) is 4.16. The number of nitrogens with one attached hydrogen (secondary N) is 1. The summed E-state index contributed by atoms with van der Waals surface area (Å²) in [5, 5.41) is 7.28. The van der Waals surface area contributed by atoms with E-state index >= 15 is 0 Å². The molecule has 102 valence electrons. The summed E-state index contributed by atoms with van der Waals surface area (Å²) in [4.78, 5) is 2.66. The maximum Gasteiger partial charge on any atom is 0.0346 e. The number of nitrogens with zero attached hydrogens (tertiary/aromatic N) is 1. The highest BCUT2D eigenvalue weighted by molar-refractivity contribution is 7.17. The van der Waals surface area contributed by atoms with Gasteiger partial charge in [0, 0.05) is 23.8 Å². The zero-order valence-corrected chi connectivity index (χ0v) is 12.4. The van der Waals surface area contributed by atoms with E-state index in [4.69, 9.17) is 0 Å². The van der Waals surface area contributed by atoms with Gasteiger partial charge in [-0.3, -0.25) is 4.90 Å². The van der Waals surface area contributed by atoms with Crippen molar-refractivity contribution in [3.05, 3.63) is 35.2 Å². The molecule has 0 amide bonds. The van der Waals surface area contributed by atoms with Gasteiger partial charge < -0.3 is 5.32 Å². The zero-order valence-electron chi connectivity index (χ0n) is 11.6. The van der Waals surface area contributed by atoms with Crippen molar-refractivity contribution in [3.63, 3.8) is 0 Å². The van der Waals surface area contributed by atoms with Gasteiger partial charge in [0.25, 0.3) is 0 Å². The lowest BCUT2D eigenvalue weighted by atomic mass is 10.1. The summed E-state index contributed by atoms with van der Waals surface area (Å²) in [6.45, 7) is 6.92. The van der Waals surface area contributed by atoms with Crippen LogP contribution >= 0.6 is 11.3 Å². The van der Waals surface area contributed by atoms with Gasteiger partial charge in [0.15, 0.2) is 0 Å². The molecule has 2 aromatic rings. The normalized spacial score (nSPS) is 19.6. The lowest BCUT2D eigenvalue weighted by molar-refractivity contribution is 0.200. The molecule has 3 rings (SSSR count). The van der Waals surface area contributed by atoms with Gasteiger partial charge in [0.2, 0.25) is 0 Å². The van der Waals surface area contributed by atoms with E-state index < -0.39 is 0 Å². The van der Waals surface area contributed by atoms with Crippen LogP contribution in [-0.2, 0) is 6.54 Å². The molecule has 1 aromatic carbocycles. The predicted molar refractivity (Wildman–Crippen MR) is 83.8 cm³/mol. The number of hydrogen-bond donors (Lipinski definition) is 1. The first kappa shape index (κ1) is 13.1. The van der Waals surface area contributed by atoms with E-state index in [1.807, 2.05) is 11.3 Å². The summed E-state index contributed by atoms with van der Waals surface area (Å²) in [6.07, 6.45) is 2.53. The summed E-state index contributed by atoms with van der Waals surface area (Å²) < 4.78 is 1.42. The fourth-order valence-electron chi connectivity index (χ4n) is 3.00. The Labute approximate surface area is 119 Å². The van der Waals surface area contributed by atoms with Crippen molar-refractivity contribution in [2.45, 2.75) is 32.4 Å². The van der Waals surface area contributed by atoms with Gasteiger partial charge in [0.05, 0.1) is 0 Å². The summed E-state index contributed by atoms with van der Waals surface area (Å²) in [6, 6.07) is 9.49. The molecular weight excluding hydrogens is 252 g/mol. The van der Waals surface area contributed by atoms with Crippen molar-refractivity contribution in [2.24, 2.45) is 0 Å². The maximum atomic E-state index is 3.49. The zero-order chi connectivity index (χ0) is 13.1. The smallest absolute Gasteiger partial charge is 0.0346 e. The summed E-state index contributed by atoms with van der Waals surface area (Å²) in [5.41, 5.74) is 1.50. The second-order valence-electron chi connectivity index (χ2n) is 5.37. The monoisotopic (exact) mass is 274 g/mol. The highest BCUT2D eigenvalue weighted by Gasteiger charge is 2.22. The molecule has 0 radical (unpaired) electrons. The Balaban J connectivity index is 1.80. The van der Waals surface area contributed by atoms with Gasteiger partial charge in [-0.05, 0) is 48.3 Å². The predicted octanol–water partition coefficient (Wildman–Crippen LogP) is 3.48. The fourth-order valence-corrected chi connectivity index (χ4v) is 3.96. The van der Waals surface area contributed by atoms with Crippen molar-refractivity contribution in [3.8, 4) is 0 Å².